The quantitative estimate of drug-likeness (QED) is 0.623. The molecule has 1 heterocycles. The summed E-state index contributed by atoms with van der Waals surface area (Å²) >= 11 is 0. The van der Waals surface area contributed by atoms with Gasteiger partial charge in [0, 0.05) is 17.7 Å². The van der Waals surface area contributed by atoms with E-state index in [0.717, 1.165) is 25.0 Å². The number of hydrogen-bond acceptors (Lipinski definition) is 4. The molecule has 10 heteroatoms. The Bertz CT molecular complexity index is 935. The lowest BCUT2D eigenvalue weighted by molar-refractivity contribution is -0.253. The maximum atomic E-state index is 13.1. The smallest absolute Gasteiger partial charge is 0.428 e. The fourth-order valence-corrected chi connectivity index (χ4v) is 2.63. The molecule has 0 saturated heterocycles. The van der Waals surface area contributed by atoms with Gasteiger partial charge in [-0.15, -0.1) is 0 Å². The van der Waals surface area contributed by atoms with Crippen LogP contribution in [0.3, 0.4) is 0 Å². The Balaban J connectivity index is 1.65. The highest BCUT2D eigenvalue weighted by Crippen LogP contribution is 2.30. The number of rotatable bonds is 8. The lowest BCUT2D eigenvalue weighted by Crippen LogP contribution is -2.33. The lowest BCUT2D eigenvalue weighted by atomic mass is 10.1. The number of halogens is 4. The molecule has 1 fully saturated rings. The van der Waals surface area contributed by atoms with Crippen molar-refractivity contribution in [1.29, 1.82) is 0 Å². The summed E-state index contributed by atoms with van der Waals surface area (Å²) in [7, 11) is 0. The number of ether oxygens (including phenoxy) is 1. The molecule has 2 N–H and O–H groups in total. The zero-order valence-electron chi connectivity index (χ0n) is 15.9. The van der Waals surface area contributed by atoms with E-state index in [1.807, 2.05) is 0 Å². The van der Waals surface area contributed by atoms with Crippen LogP contribution < -0.4 is 15.4 Å². The van der Waals surface area contributed by atoms with Gasteiger partial charge in [0.05, 0.1) is 6.04 Å². The van der Waals surface area contributed by atoms with Gasteiger partial charge in [0.25, 0.3) is 5.91 Å². The maximum Gasteiger partial charge on any atom is 0.461 e. The minimum absolute atomic E-state index is 0.0174. The van der Waals surface area contributed by atoms with E-state index in [-0.39, 0.29) is 23.2 Å². The number of nitrogens with zero attached hydrogens (tertiary/aromatic N) is 1. The van der Waals surface area contributed by atoms with Crippen molar-refractivity contribution in [3.05, 3.63) is 53.7 Å². The van der Waals surface area contributed by atoms with E-state index in [0.29, 0.717) is 5.56 Å². The van der Waals surface area contributed by atoms with Crippen molar-refractivity contribution in [2.45, 2.75) is 38.3 Å². The number of carbonyl (C=O) groups excluding carboxylic acids is 2. The van der Waals surface area contributed by atoms with Crippen LogP contribution in [0.25, 0.3) is 0 Å². The van der Waals surface area contributed by atoms with Crippen LogP contribution >= 0.6 is 0 Å². The fourth-order valence-electron chi connectivity index (χ4n) is 2.63. The molecule has 3 rings (SSSR count). The zero-order valence-corrected chi connectivity index (χ0v) is 15.9. The molecule has 1 aliphatic carbocycles. The molecule has 30 heavy (non-hydrogen) atoms. The summed E-state index contributed by atoms with van der Waals surface area (Å²) in [5.74, 6) is -0.858. The average Bonchev–Trinajstić information content (AvgIpc) is 3.53. The molecular formula is C20H19F4N3O3. The second kappa shape index (κ2) is 8.68. The van der Waals surface area contributed by atoms with E-state index in [1.165, 1.54) is 30.5 Å². The van der Waals surface area contributed by atoms with Gasteiger partial charge in [-0.3, -0.25) is 9.59 Å². The minimum Gasteiger partial charge on any atom is -0.428 e. The first-order valence-corrected chi connectivity index (χ1v) is 9.18. The molecule has 0 radical (unpaired) electrons. The summed E-state index contributed by atoms with van der Waals surface area (Å²) in [4.78, 5) is 28.3. The predicted molar refractivity (Wildman–Crippen MR) is 99.5 cm³/mol. The van der Waals surface area contributed by atoms with Gasteiger partial charge in [-0.25, -0.2) is 4.98 Å². The van der Waals surface area contributed by atoms with Gasteiger partial charge in [0.1, 0.15) is 11.6 Å². The van der Waals surface area contributed by atoms with Gasteiger partial charge in [-0.1, -0.05) is 12.1 Å². The fraction of sp³-hybridized carbons (Fsp3) is 0.350. The summed E-state index contributed by atoms with van der Waals surface area (Å²) < 4.78 is 54.9. The molecule has 1 aromatic carbocycles. The van der Waals surface area contributed by atoms with E-state index in [9.17, 15) is 27.2 Å². The number of carbonyl (C=O) groups is 2. The summed E-state index contributed by atoms with van der Waals surface area (Å²) in [5, 5.41) is 5.31. The van der Waals surface area contributed by atoms with Gasteiger partial charge in [-0.2, -0.15) is 17.6 Å². The first-order valence-electron chi connectivity index (χ1n) is 9.18. The number of benzene rings is 1. The van der Waals surface area contributed by atoms with Crippen molar-refractivity contribution in [3.8, 4) is 5.75 Å². The van der Waals surface area contributed by atoms with E-state index in [2.05, 4.69) is 20.4 Å². The average molecular weight is 425 g/mol. The second-order valence-electron chi connectivity index (χ2n) is 6.93. The highest BCUT2D eigenvalue weighted by molar-refractivity contribution is 5.97. The Morgan fingerprint density at radius 1 is 1.20 bits per heavy atom. The maximum absolute atomic E-state index is 13.1. The highest BCUT2D eigenvalue weighted by atomic mass is 19.3. The van der Waals surface area contributed by atoms with Crippen LogP contribution in [0.4, 0.5) is 23.4 Å². The number of hydrogen-bond donors (Lipinski definition) is 2. The normalized spacial score (nSPS) is 14.9. The van der Waals surface area contributed by atoms with Crippen molar-refractivity contribution in [3.63, 3.8) is 0 Å². The molecule has 1 unspecified atom stereocenters. The van der Waals surface area contributed by atoms with Crippen LogP contribution in [0.2, 0.25) is 0 Å². The number of amides is 2. The van der Waals surface area contributed by atoms with Crippen molar-refractivity contribution in [2.24, 2.45) is 5.92 Å². The highest BCUT2D eigenvalue weighted by Gasteiger charge is 2.44. The molecule has 0 aliphatic heterocycles. The molecular weight excluding hydrogens is 406 g/mol. The van der Waals surface area contributed by atoms with Crippen molar-refractivity contribution < 1.29 is 31.9 Å². The molecule has 1 atom stereocenters. The Labute approximate surface area is 169 Å². The molecule has 1 saturated carbocycles. The van der Waals surface area contributed by atoms with Gasteiger partial charge in [0.2, 0.25) is 5.91 Å². The van der Waals surface area contributed by atoms with Crippen LogP contribution in [-0.2, 0) is 4.79 Å². The Hall–Kier alpha value is -3.17. The third kappa shape index (κ3) is 5.46. The van der Waals surface area contributed by atoms with Crippen LogP contribution in [0.15, 0.2) is 42.6 Å². The summed E-state index contributed by atoms with van der Waals surface area (Å²) in [5.41, 5.74) is 0.613. The van der Waals surface area contributed by atoms with E-state index < -0.39 is 30.2 Å². The number of pyridine rings is 1. The Morgan fingerprint density at radius 3 is 2.60 bits per heavy atom. The van der Waals surface area contributed by atoms with E-state index >= 15 is 0 Å². The standard InChI is InChI=1S/C20H19F4N3O3/c1-11(13-3-2-4-15(9-13)30-20(23,24)19(21)22)26-18(29)14-7-8-25-16(10-14)27-17(28)12-5-6-12/h2-4,7-12,19H,5-6H2,1H3,(H,26,29)(H,25,27,28). The molecule has 2 aromatic rings. The summed E-state index contributed by atoms with van der Waals surface area (Å²) in [6, 6.07) is 7.39. The summed E-state index contributed by atoms with van der Waals surface area (Å²) in [6.07, 6.45) is -5.56. The number of anilines is 1. The molecule has 0 bridgehead atoms. The molecule has 1 aliphatic rings. The van der Waals surface area contributed by atoms with Crippen molar-refractivity contribution in [2.75, 3.05) is 5.32 Å². The summed E-state index contributed by atoms with van der Waals surface area (Å²) in [6.45, 7) is 1.60. The number of alkyl halides is 4. The minimum atomic E-state index is -4.62. The first-order chi connectivity index (χ1) is 14.2. The number of nitrogens with one attached hydrogen (secondary N) is 2. The van der Waals surface area contributed by atoms with Gasteiger partial charge in [0.15, 0.2) is 0 Å². The predicted octanol–water partition coefficient (Wildman–Crippen LogP) is 4.16. The van der Waals surface area contributed by atoms with Gasteiger partial charge in [-0.05, 0) is 49.6 Å². The number of aromatic nitrogens is 1. The zero-order chi connectivity index (χ0) is 21.9. The third-order valence-corrected chi connectivity index (χ3v) is 4.44. The molecule has 0 spiro atoms. The Kier molecular flexibility index (Phi) is 6.23. The lowest BCUT2D eigenvalue weighted by Gasteiger charge is -2.19. The molecule has 1 aromatic heterocycles. The first kappa shape index (κ1) is 21.5. The van der Waals surface area contributed by atoms with Gasteiger partial charge < -0.3 is 15.4 Å². The topological polar surface area (TPSA) is 80.3 Å². The SMILES string of the molecule is CC(NC(=O)c1ccnc(NC(=O)C2CC2)c1)c1cccc(OC(F)(F)C(F)F)c1. The van der Waals surface area contributed by atoms with Crippen LogP contribution in [0.5, 0.6) is 5.75 Å². The second-order valence-corrected chi connectivity index (χ2v) is 6.93. The molecule has 2 amide bonds. The molecule has 6 nitrogen and oxygen atoms in total. The van der Waals surface area contributed by atoms with Crippen LogP contribution in [-0.4, -0.2) is 29.3 Å². The van der Waals surface area contributed by atoms with Gasteiger partial charge >= 0.3 is 12.5 Å². The van der Waals surface area contributed by atoms with Crippen LogP contribution in [0.1, 0.15) is 41.7 Å². The Morgan fingerprint density at radius 2 is 1.93 bits per heavy atom. The van der Waals surface area contributed by atoms with Crippen LogP contribution in [0, 0.1) is 5.92 Å². The van der Waals surface area contributed by atoms with Crippen molar-refractivity contribution in [1.82, 2.24) is 10.3 Å². The van der Waals surface area contributed by atoms with E-state index in [1.54, 1.807) is 6.92 Å². The molecule has 160 valence electrons. The van der Waals surface area contributed by atoms with E-state index in [4.69, 9.17) is 0 Å². The monoisotopic (exact) mass is 425 g/mol. The third-order valence-electron chi connectivity index (χ3n) is 4.44. The largest absolute Gasteiger partial charge is 0.461 e. The van der Waals surface area contributed by atoms with Crippen molar-refractivity contribution >= 4 is 17.6 Å².